The lowest BCUT2D eigenvalue weighted by Crippen LogP contribution is -2.36. The van der Waals surface area contributed by atoms with E-state index in [9.17, 15) is 4.39 Å². The zero-order valence-corrected chi connectivity index (χ0v) is 9.28. The largest absolute Gasteiger partial charge is 0.354 e. The van der Waals surface area contributed by atoms with E-state index in [2.05, 4.69) is 9.97 Å². The van der Waals surface area contributed by atoms with Gasteiger partial charge in [-0.3, -0.25) is 0 Å². The van der Waals surface area contributed by atoms with Crippen LogP contribution in [-0.2, 0) is 0 Å². The van der Waals surface area contributed by atoms with Crippen molar-refractivity contribution >= 4 is 17.4 Å². The van der Waals surface area contributed by atoms with Crippen molar-refractivity contribution in [1.29, 1.82) is 0 Å². The van der Waals surface area contributed by atoms with Gasteiger partial charge in [0.05, 0.1) is 6.04 Å². The lowest BCUT2D eigenvalue weighted by molar-refractivity contribution is 0.306. The molecule has 0 spiro atoms. The molecule has 2 atom stereocenters. The molecule has 1 aromatic heterocycles. The summed E-state index contributed by atoms with van der Waals surface area (Å²) < 4.78 is 13.5. The zero-order chi connectivity index (χ0) is 10.8. The van der Waals surface area contributed by atoms with Crippen molar-refractivity contribution in [3.05, 3.63) is 17.5 Å². The predicted octanol–water partition coefficient (Wildman–Crippen LogP) is 2.46. The van der Waals surface area contributed by atoms with Gasteiger partial charge < -0.3 is 4.90 Å². The van der Waals surface area contributed by atoms with Gasteiger partial charge in [0, 0.05) is 13.1 Å². The molecule has 0 bridgehead atoms. The molecule has 0 unspecified atom stereocenters. The van der Waals surface area contributed by atoms with Gasteiger partial charge >= 0.3 is 0 Å². The Balaban J connectivity index is 2.16. The standard InChI is InChI=1S/C10H13ClFN3/c1-15(8-4-2-3-7(8)12)10-5-9(11)13-6-14-10/h5-8H,2-4H2,1H3/t7-,8-/m1/s1. The second-order valence-electron chi connectivity index (χ2n) is 3.82. The first-order valence-corrected chi connectivity index (χ1v) is 5.40. The Morgan fingerprint density at radius 2 is 2.27 bits per heavy atom. The number of hydrogen-bond acceptors (Lipinski definition) is 3. The maximum Gasteiger partial charge on any atom is 0.134 e. The van der Waals surface area contributed by atoms with E-state index < -0.39 is 6.17 Å². The van der Waals surface area contributed by atoms with E-state index in [-0.39, 0.29) is 6.04 Å². The molecule has 0 N–H and O–H groups in total. The normalized spacial score (nSPS) is 25.5. The van der Waals surface area contributed by atoms with Crippen LogP contribution in [0, 0.1) is 0 Å². The summed E-state index contributed by atoms with van der Waals surface area (Å²) in [6.07, 6.45) is 3.10. The van der Waals surface area contributed by atoms with Crippen LogP contribution in [0.3, 0.4) is 0 Å². The predicted molar refractivity (Wildman–Crippen MR) is 58.0 cm³/mol. The smallest absolute Gasteiger partial charge is 0.134 e. The van der Waals surface area contributed by atoms with E-state index in [0.29, 0.717) is 17.4 Å². The number of rotatable bonds is 2. The van der Waals surface area contributed by atoms with Gasteiger partial charge in [0.1, 0.15) is 23.5 Å². The molecule has 15 heavy (non-hydrogen) atoms. The quantitative estimate of drug-likeness (QED) is 0.730. The van der Waals surface area contributed by atoms with Crippen LogP contribution in [0.15, 0.2) is 12.4 Å². The Bertz CT molecular complexity index is 347. The minimum Gasteiger partial charge on any atom is -0.354 e. The first-order chi connectivity index (χ1) is 7.18. The SMILES string of the molecule is CN(c1cc(Cl)ncn1)[C@@H]1CCC[C@H]1F. The Hall–Kier alpha value is -0.900. The van der Waals surface area contributed by atoms with E-state index in [1.807, 2.05) is 11.9 Å². The fourth-order valence-electron chi connectivity index (χ4n) is 2.02. The molecule has 1 aliphatic rings. The van der Waals surface area contributed by atoms with E-state index in [1.54, 1.807) is 6.07 Å². The van der Waals surface area contributed by atoms with Gasteiger partial charge in [-0.15, -0.1) is 0 Å². The van der Waals surface area contributed by atoms with Crippen molar-refractivity contribution in [3.63, 3.8) is 0 Å². The van der Waals surface area contributed by atoms with Crippen LogP contribution in [0.5, 0.6) is 0 Å². The number of alkyl halides is 1. The van der Waals surface area contributed by atoms with E-state index >= 15 is 0 Å². The first-order valence-electron chi connectivity index (χ1n) is 5.03. The lowest BCUT2D eigenvalue weighted by atomic mass is 10.2. The summed E-state index contributed by atoms with van der Waals surface area (Å²) in [5.41, 5.74) is 0. The Morgan fingerprint density at radius 1 is 1.47 bits per heavy atom. The van der Waals surface area contributed by atoms with Crippen LogP contribution >= 0.6 is 11.6 Å². The molecule has 2 rings (SSSR count). The topological polar surface area (TPSA) is 29.0 Å². The van der Waals surface area contributed by atoms with Crippen LogP contribution in [0.1, 0.15) is 19.3 Å². The van der Waals surface area contributed by atoms with Crippen LogP contribution in [0.25, 0.3) is 0 Å². The van der Waals surface area contributed by atoms with Gasteiger partial charge in [-0.2, -0.15) is 0 Å². The number of halogens is 2. The van der Waals surface area contributed by atoms with E-state index in [1.165, 1.54) is 6.33 Å². The third-order valence-corrected chi connectivity index (χ3v) is 3.08. The molecule has 1 heterocycles. The minimum absolute atomic E-state index is 0.0732. The molecule has 0 aromatic carbocycles. The van der Waals surface area contributed by atoms with Crippen molar-refractivity contribution in [2.45, 2.75) is 31.5 Å². The second-order valence-corrected chi connectivity index (χ2v) is 4.21. The summed E-state index contributed by atoms with van der Waals surface area (Å²) in [6, 6.07) is 1.59. The van der Waals surface area contributed by atoms with Gasteiger partial charge in [-0.1, -0.05) is 11.6 Å². The Kier molecular flexibility index (Phi) is 3.05. The molecule has 1 aliphatic carbocycles. The molecular weight excluding hydrogens is 217 g/mol. The Morgan fingerprint density at radius 3 is 2.87 bits per heavy atom. The fourth-order valence-corrected chi connectivity index (χ4v) is 2.16. The van der Waals surface area contributed by atoms with E-state index in [4.69, 9.17) is 11.6 Å². The summed E-state index contributed by atoms with van der Waals surface area (Å²) in [6.45, 7) is 0. The second kappa shape index (κ2) is 4.31. The lowest BCUT2D eigenvalue weighted by Gasteiger charge is -2.26. The molecule has 5 heteroatoms. The van der Waals surface area contributed by atoms with E-state index in [0.717, 1.165) is 12.8 Å². The molecule has 0 amide bonds. The van der Waals surface area contributed by atoms with Crippen LogP contribution in [0.4, 0.5) is 10.2 Å². The summed E-state index contributed by atoms with van der Waals surface area (Å²) >= 11 is 5.76. The molecular formula is C10H13ClFN3. The molecule has 0 radical (unpaired) electrons. The monoisotopic (exact) mass is 229 g/mol. The highest BCUT2D eigenvalue weighted by molar-refractivity contribution is 6.29. The summed E-state index contributed by atoms with van der Waals surface area (Å²) in [5, 5.41) is 0.389. The minimum atomic E-state index is -0.760. The average Bonchev–Trinajstić information content (AvgIpc) is 2.63. The highest BCUT2D eigenvalue weighted by atomic mass is 35.5. The third-order valence-electron chi connectivity index (χ3n) is 2.88. The van der Waals surface area contributed by atoms with Crippen LogP contribution in [-0.4, -0.2) is 29.2 Å². The van der Waals surface area contributed by atoms with Crippen LogP contribution in [0.2, 0.25) is 5.15 Å². The maximum atomic E-state index is 13.5. The molecule has 1 aromatic rings. The molecule has 1 saturated carbocycles. The number of hydrogen-bond donors (Lipinski definition) is 0. The number of aromatic nitrogens is 2. The van der Waals surface area contributed by atoms with Gasteiger partial charge in [-0.05, 0) is 19.3 Å². The third kappa shape index (κ3) is 2.20. The molecule has 0 saturated heterocycles. The van der Waals surface area contributed by atoms with Gasteiger partial charge in [0.25, 0.3) is 0 Å². The van der Waals surface area contributed by atoms with Crippen molar-refractivity contribution < 1.29 is 4.39 Å². The maximum absolute atomic E-state index is 13.5. The zero-order valence-electron chi connectivity index (χ0n) is 8.53. The molecule has 3 nitrogen and oxygen atoms in total. The average molecular weight is 230 g/mol. The van der Waals surface area contributed by atoms with Crippen molar-refractivity contribution in [1.82, 2.24) is 9.97 Å². The highest BCUT2D eigenvalue weighted by Crippen LogP contribution is 2.28. The van der Waals surface area contributed by atoms with Crippen LogP contribution < -0.4 is 4.90 Å². The molecule has 1 fully saturated rings. The highest BCUT2D eigenvalue weighted by Gasteiger charge is 2.30. The van der Waals surface area contributed by atoms with Crippen molar-refractivity contribution in [3.8, 4) is 0 Å². The number of anilines is 1. The van der Waals surface area contributed by atoms with Gasteiger partial charge in [-0.25, -0.2) is 14.4 Å². The van der Waals surface area contributed by atoms with Crippen molar-refractivity contribution in [2.75, 3.05) is 11.9 Å². The summed E-state index contributed by atoms with van der Waals surface area (Å²) in [7, 11) is 1.85. The van der Waals surface area contributed by atoms with Gasteiger partial charge in [0.2, 0.25) is 0 Å². The molecule has 82 valence electrons. The molecule has 0 aliphatic heterocycles. The first kappa shape index (κ1) is 10.6. The summed E-state index contributed by atoms with van der Waals surface area (Å²) in [4.78, 5) is 9.74. The number of nitrogens with zero attached hydrogens (tertiary/aromatic N) is 3. The fraction of sp³-hybridized carbons (Fsp3) is 0.600. The summed E-state index contributed by atoms with van der Waals surface area (Å²) in [5.74, 6) is 0.685. The Labute approximate surface area is 93.3 Å². The van der Waals surface area contributed by atoms with Gasteiger partial charge in [0.15, 0.2) is 0 Å². The van der Waals surface area contributed by atoms with Crippen molar-refractivity contribution in [2.24, 2.45) is 0 Å².